The standard InChI is InChI=1S/C23H24O/c1-17-8-12-21(13-9-17)23(18(2)20-6-4-3-5-7-20)22-14-10-19(16-24)11-15-22/h3-15,18,23-24H,16H2,1-2H3. The van der Waals surface area contributed by atoms with Gasteiger partial charge < -0.3 is 5.11 Å². The zero-order valence-corrected chi connectivity index (χ0v) is 14.3. The van der Waals surface area contributed by atoms with Gasteiger partial charge in [0.25, 0.3) is 0 Å². The zero-order chi connectivity index (χ0) is 16.9. The van der Waals surface area contributed by atoms with Crippen LogP contribution in [0.3, 0.4) is 0 Å². The average molecular weight is 316 g/mol. The Kier molecular flexibility index (Phi) is 5.12. The van der Waals surface area contributed by atoms with Gasteiger partial charge in [0.15, 0.2) is 0 Å². The van der Waals surface area contributed by atoms with Crippen LogP contribution in [0.4, 0.5) is 0 Å². The Balaban J connectivity index is 2.04. The summed E-state index contributed by atoms with van der Waals surface area (Å²) in [6.45, 7) is 4.50. The van der Waals surface area contributed by atoms with Crippen LogP contribution in [-0.2, 0) is 6.61 Å². The molecule has 0 fully saturated rings. The van der Waals surface area contributed by atoms with Crippen molar-refractivity contribution in [2.24, 2.45) is 0 Å². The minimum Gasteiger partial charge on any atom is -0.392 e. The van der Waals surface area contributed by atoms with Crippen LogP contribution in [0, 0.1) is 6.92 Å². The molecule has 0 saturated carbocycles. The highest BCUT2D eigenvalue weighted by molar-refractivity contribution is 5.39. The number of rotatable bonds is 5. The third-order valence-electron chi connectivity index (χ3n) is 4.78. The Hall–Kier alpha value is -2.38. The van der Waals surface area contributed by atoms with Gasteiger partial charge in [-0.25, -0.2) is 0 Å². The van der Waals surface area contributed by atoms with Gasteiger partial charge in [0, 0.05) is 5.92 Å². The number of aliphatic hydroxyl groups excluding tert-OH is 1. The fraction of sp³-hybridized carbons (Fsp3) is 0.217. The normalized spacial score (nSPS) is 13.5. The Morgan fingerprint density at radius 1 is 0.708 bits per heavy atom. The van der Waals surface area contributed by atoms with E-state index in [1.54, 1.807) is 0 Å². The maximum atomic E-state index is 9.30. The molecule has 0 aliphatic carbocycles. The second-order valence-corrected chi connectivity index (χ2v) is 6.49. The molecule has 0 aliphatic heterocycles. The fourth-order valence-corrected chi connectivity index (χ4v) is 3.32. The van der Waals surface area contributed by atoms with Gasteiger partial charge in [-0.05, 0) is 35.1 Å². The summed E-state index contributed by atoms with van der Waals surface area (Å²) in [7, 11) is 0. The van der Waals surface area contributed by atoms with Gasteiger partial charge >= 0.3 is 0 Å². The van der Waals surface area contributed by atoms with Crippen LogP contribution in [0.15, 0.2) is 78.9 Å². The van der Waals surface area contributed by atoms with E-state index in [2.05, 4.69) is 80.6 Å². The lowest BCUT2D eigenvalue weighted by atomic mass is 9.78. The molecule has 122 valence electrons. The number of hydrogen-bond donors (Lipinski definition) is 1. The first kappa shape index (κ1) is 16.5. The summed E-state index contributed by atoms with van der Waals surface area (Å²) in [5.41, 5.74) is 6.18. The van der Waals surface area contributed by atoms with E-state index in [1.807, 2.05) is 12.1 Å². The average Bonchev–Trinajstić information content (AvgIpc) is 2.64. The molecule has 0 heterocycles. The van der Waals surface area contributed by atoms with Gasteiger partial charge in [0.2, 0.25) is 0 Å². The molecule has 1 nitrogen and oxygen atoms in total. The molecule has 0 aliphatic rings. The Morgan fingerprint density at radius 3 is 1.79 bits per heavy atom. The predicted molar refractivity (Wildman–Crippen MR) is 100 cm³/mol. The molecule has 0 aromatic heterocycles. The summed E-state index contributed by atoms with van der Waals surface area (Å²) in [6, 6.07) is 27.9. The number of hydrogen-bond acceptors (Lipinski definition) is 1. The quantitative estimate of drug-likeness (QED) is 0.666. The van der Waals surface area contributed by atoms with Crippen LogP contribution in [0.2, 0.25) is 0 Å². The van der Waals surface area contributed by atoms with E-state index < -0.39 is 0 Å². The molecule has 0 bridgehead atoms. The van der Waals surface area contributed by atoms with Crippen molar-refractivity contribution in [3.8, 4) is 0 Å². The molecule has 0 spiro atoms. The van der Waals surface area contributed by atoms with Gasteiger partial charge in [-0.3, -0.25) is 0 Å². The van der Waals surface area contributed by atoms with Crippen molar-refractivity contribution in [1.29, 1.82) is 0 Å². The van der Waals surface area contributed by atoms with E-state index >= 15 is 0 Å². The minimum atomic E-state index is 0.0870. The smallest absolute Gasteiger partial charge is 0.0681 e. The van der Waals surface area contributed by atoms with E-state index in [0.29, 0.717) is 11.8 Å². The highest BCUT2D eigenvalue weighted by atomic mass is 16.3. The molecule has 3 aromatic carbocycles. The number of aliphatic hydroxyl groups is 1. The predicted octanol–water partition coefficient (Wildman–Crippen LogP) is 5.42. The second kappa shape index (κ2) is 7.46. The summed E-state index contributed by atoms with van der Waals surface area (Å²) in [5.74, 6) is 0.662. The molecule has 3 rings (SSSR count). The highest BCUT2D eigenvalue weighted by Gasteiger charge is 2.22. The van der Waals surface area contributed by atoms with E-state index in [4.69, 9.17) is 0 Å². The molecule has 2 atom stereocenters. The zero-order valence-electron chi connectivity index (χ0n) is 14.3. The lowest BCUT2D eigenvalue weighted by Gasteiger charge is -2.26. The van der Waals surface area contributed by atoms with Crippen molar-refractivity contribution in [2.45, 2.75) is 32.3 Å². The second-order valence-electron chi connectivity index (χ2n) is 6.49. The first-order valence-electron chi connectivity index (χ1n) is 8.50. The van der Waals surface area contributed by atoms with Gasteiger partial charge in [0.05, 0.1) is 6.61 Å². The maximum absolute atomic E-state index is 9.30. The fourth-order valence-electron chi connectivity index (χ4n) is 3.32. The van der Waals surface area contributed by atoms with E-state index in [-0.39, 0.29) is 6.61 Å². The van der Waals surface area contributed by atoms with Gasteiger partial charge in [0.1, 0.15) is 0 Å². The Bertz CT molecular complexity index is 757. The Labute approximate surface area is 144 Å². The van der Waals surface area contributed by atoms with E-state index in [1.165, 1.54) is 22.3 Å². The molecule has 0 radical (unpaired) electrons. The topological polar surface area (TPSA) is 20.2 Å². The summed E-state index contributed by atoms with van der Waals surface area (Å²) < 4.78 is 0. The van der Waals surface area contributed by atoms with E-state index in [0.717, 1.165) is 5.56 Å². The van der Waals surface area contributed by atoms with Crippen molar-refractivity contribution in [1.82, 2.24) is 0 Å². The summed E-state index contributed by atoms with van der Waals surface area (Å²) in [5, 5.41) is 9.30. The molecule has 0 saturated heterocycles. The largest absolute Gasteiger partial charge is 0.392 e. The summed E-state index contributed by atoms with van der Waals surface area (Å²) >= 11 is 0. The van der Waals surface area contributed by atoms with Crippen molar-refractivity contribution >= 4 is 0 Å². The van der Waals surface area contributed by atoms with Crippen LogP contribution < -0.4 is 0 Å². The van der Waals surface area contributed by atoms with Gasteiger partial charge in [-0.1, -0.05) is 91.3 Å². The number of aryl methyl sites for hydroxylation is 1. The monoisotopic (exact) mass is 316 g/mol. The minimum absolute atomic E-state index is 0.0870. The molecule has 1 heteroatoms. The molecule has 0 amide bonds. The van der Waals surface area contributed by atoms with Crippen molar-refractivity contribution < 1.29 is 5.11 Å². The molecular formula is C23H24O. The van der Waals surface area contributed by atoms with Crippen LogP contribution >= 0.6 is 0 Å². The first-order valence-corrected chi connectivity index (χ1v) is 8.50. The molecule has 24 heavy (non-hydrogen) atoms. The van der Waals surface area contributed by atoms with Gasteiger partial charge in [-0.15, -0.1) is 0 Å². The molecule has 3 aromatic rings. The number of benzene rings is 3. The van der Waals surface area contributed by atoms with E-state index in [9.17, 15) is 5.11 Å². The third kappa shape index (κ3) is 3.58. The summed E-state index contributed by atoms with van der Waals surface area (Å²) in [6.07, 6.45) is 0. The van der Waals surface area contributed by atoms with Crippen LogP contribution in [-0.4, -0.2) is 5.11 Å². The van der Waals surface area contributed by atoms with Gasteiger partial charge in [-0.2, -0.15) is 0 Å². The van der Waals surface area contributed by atoms with Crippen LogP contribution in [0.1, 0.15) is 46.6 Å². The maximum Gasteiger partial charge on any atom is 0.0681 e. The molecular weight excluding hydrogens is 292 g/mol. The van der Waals surface area contributed by atoms with Crippen LogP contribution in [0.5, 0.6) is 0 Å². The Morgan fingerprint density at radius 2 is 1.25 bits per heavy atom. The van der Waals surface area contributed by atoms with Crippen molar-refractivity contribution in [2.75, 3.05) is 0 Å². The first-order chi connectivity index (χ1) is 11.7. The van der Waals surface area contributed by atoms with Crippen LogP contribution in [0.25, 0.3) is 0 Å². The highest BCUT2D eigenvalue weighted by Crippen LogP contribution is 2.38. The lowest BCUT2D eigenvalue weighted by molar-refractivity contribution is 0.282. The van der Waals surface area contributed by atoms with Crippen molar-refractivity contribution in [3.63, 3.8) is 0 Å². The lowest BCUT2D eigenvalue weighted by Crippen LogP contribution is -2.10. The summed E-state index contributed by atoms with van der Waals surface area (Å²) in [4.78, 5) is 0. The van der Waals surface area contributed by atoms with Crippen molar-refractivity contribution in [3.05, 3.63) is 107 Å². The molecule has 2 unspecified atom stereocenters. The SMILES string of the molecule is Cc1ccc(C(c2ccc(CO)cc2)C(C)c2ccccc2)cc1. The molecule has 1 N–H and O–H groups in total. The third-order valence-corrected chi connectivity index (χ3v) is 4.78.